The number of rotatable bonds is 8. The summed E-state index contributed by atoms with van der Waals surface area (Å²) in [5, 5.41) is 14.7. The van der Waals surface area contributed by atoms with Gasteiger partial charge in [-0.2, -0.15) is 0 Å². The molecule has 1 atom stereocenters. The Morgan fingerprint density at radius 2 is 2.21 bits per heavy atom. The van der Waals surface area contributed by atoms with Crippen LogP contribution in [0, 0.1) is 0 Å². The van der Waals surface area contributed by atoms with Crippen LogP contribution in [0.25, 0.3) is 0 Å². The smallest absolute Gasteiger partial charge is 0.191 e. The second kappa shape index (κ2) is 9.43. The molecule has 0 bridgehead atoms. The number of hydrogen-bond acceptors (Lipinski definition) is 5. The molecule has 1 aromatic heterocycles. The number of guanidine groups is 1. The maximum atomic E-state index is 5.88. The summed E-state index contributed by atoms with van der Waals surface area (Å²) in [7, 11) is 1.70. The van der Waals surface area contributed by atoms with Crippen molar-refractivity contribution in [2.24, 2.45) is 4.99 Å². The van der Waals surface area contributed by atoms with Crippen LogP contribution in [0.2, 0.25) is 0 Å². The Balaban J connectivity index is 1.65. The Labute approximate surface area is 166 Å². The monoisotopic (exact) mass is 386 g/mol. The summed E-state index contributed by atoms with van der Waals surface area (Å²) in [5.41, 5.74) is 2.21. The van der Waals surface area contributed by atoms with Gasteiger partial charge >= 0.3 is 0 Å². The highest BCUT2D eigenvalue weighted by molar-refractivity contribution is 5.79. The number of methoxy groups -OCH3 is 1. The van der Waals surface area contributed by atoms with E-state index in [0.717, 1.165) is 61.3 Å². The molecule has 1 aliphatic heterocycles. The lowest BCUT2D eigenvalue weighted by atomic mass is 10.1. The fraction of sp³-hybridized carbons (Fsp3) is 0.550. The van der Waals surface area contributed by atoms with Crippen LogP contribution in [-0.4, -0.2) is 47.0 Å². The molecule has 2 heterocycles. The normalized spacial score (nSPS) is 15.9. The van der Waals surface area contributed by atoms with Crippen molar-refractivity contribution in [1.82, 2.24) is 25.4 Å². The van der Waals surface area contributed by atoms with Crippen LogP contribution in [-0.2, 0) is 25.9 Å². The van der Waals surface area contributed by atoms with Crippen LogP contribution in [0.4, 0.5) is 0 Å². The van der Waals surface area contributed by atoms with Crippen molar-refractivity contribution in [3.05, 3.63) is 35.4 Å². The highest BCUT2D eigenvalue weighted by Crippen LogP contribution is 2.35. The topological polar surface area (TPSA) is 85.6 Å². The molecule has 8 nitrogen and oxygen atoms in total. The van der Waals surface area contributed by atoms with E-state index >= 15 is 0 Å². The summed E-state index contributed by atoms with van der Waals surface area (Å²) in [5.74, 6) is 3.55. The van der Waals surface area contributed by atoms with Crippen LogP contribution in [0.15, 0.2) is 23.5 Å². The van der Waals surface area contributed by atoms with Gasteiger partial charge in [-0.1, -0.05) is 6.92 Å². The summed E-state index contributed by atoms with van der Waals surface area (Å²) in [6.45, 7) is 9.03. The molecule has 0 saturated heterocycles. The Morgan fingerprint density at radius 3 is 2.96 bits per heavy atom. The van der Waals surface area contributed by atoms with Crippen molar-refractivity contribution in [3.8, 4) is 11.5 Å². The number of nitrogens with zero attached hydrogens (tertiary/aromatic N) is 4. The molecule has 2 aromatic rings. The fourth-order valence-electron chi connectivity index (χ4n) is 3.34. The molecule has 0 aliphatic carbocycles. The molecular weight excluding hydrogens is 356 g/mol. The maximum Gasteiger partial charge on any atom is 0.191 e. The SMILES string of the molecule is CCNC(=NCc1cc2c(cc1OC)CC(C)O2)NCCn1cnnc1CC. The number of benzene rings is 1. The zero-order chi connectivity index (χ0) is 19.9. The van der Waals surface area contributed by atoms with Crippen LogP contribution in [0.1, 0.15) is 37.7 Å². The first-order valence-electron chi connectivity index (χ1n) is 9.89. The van der Waals surface area contributed by atoms with Crippen molar-refractivity contribution < 1.29 is 9.47 Å². The average Bonchev–Trinajstić information content (AvgIpc) is 3.29. The van der Waals surface area contributed by atoms with Gasteiger partial charge in [0.05, 0.1) is 13.7 Å². The van der Waals surface area contributed by atoms with E-state index in [1.165, 1.54) is 5.56 Å². The third-order valence-electron chi connectivity index (χ3n) is 4.71. The summed E-state index contributed by atoms with van der Waals surface area (Å²) in [6, 6.07) is 4.12. The number of aliphatic imine (C=N–C) groups is 1. The Kier molecular flexibility index (Phi) is 6.73. The molecular formula is C20H30N6O2. The molecule has 0 amide bonds. The van der Waals surface area contributed by atoms with E-state index in [9.17, 15) is 0 Å². The molecule has 28 heavy (non-hydrogen) atoms. The van der Waals surface area contributed by atoms with Gasteiger partial charge in [-0.15, -0.1) is 10.2 Å². The lowest BCUT2D eigenvalue weighted by Crippen LogP contribution is -2.38. The third kappa shape index (κ3) is 4.74. The first-order valence-corrected chi connectivity index (χ1v) is 9.89. The molecule has 8 heteroatoms. The van der Waals surface area contributed by atoms with Crippen LogP contribution in [0.5, 0.6) is 11.5 Å². The molecule has 2 N–H and O–H groups in total. The minimum atomic E-state index is 0.211. The summed E-state index contributed by atoms with van der Waals surface area (Å²) in [4.78, 5) is 4.72. The molecule has 3 rings (SSSR count). The molecule has 152 valence electrons. The summed E-state index contributed by atoms with van der Waals surface area (Å²) in [6.07, 6.45) is 3.76. The first-order chi connectivity index (χ1) is 13.6. The van der Waals surface area contributed by atoms with Crippen molar-refractivity contribution in [3.63, 3.8) is 0 Å². The van der Waals surface area contributed by atoms with Gasteiger partial charge in [0.15, 0.2) is 5.96 Å². The standard InChI is InChI=1S/C20H30N6O2/c1-5-19-25-24-13-26(19)8-7-22-20(21-6-2)23-12-16-11-18-15(9-14(3)28-18)10-17(16)27-4/h10-11,13-14H,5-9,12H2,1-4H3,(H2,21,22,23). The first kappa shape index (κ1) is 20.0. The summed E-state index contributed by atoms with van der Waals surface area (Å²) >= 11 is 0. The van der Waals surface area contributed by atoms with Gasteiger partial charge in [0.2, 0.25) is 0 Å². The lowest BCUT2D eigenvalue weighted by molar-refractivity contribution is 0.254. The van der Waals surface area contributed by atoms with Gasteiger partial charge < -0.3 is 24.7 Å². The number of aryl methyl sites for hydroxylation is 1. The fourth-order valence-corrected chi connectivity index (χ4v) is 3.34. The zero-order valence-electron chi connectivity index (χ0n) is 17.2. The van der Waals surface area contributed by atoms with Crippen molar-refractivity contribution in [1.29, 1.82) is 0 Å². The molecule has 1 aromatic carbocycles. The van der Waals surface area contributed by atoms with E-state index < -0.39 is 0 Å². The van der Waals surface area contributed by atoms with E-state index in [1.807, 2.05) is 0 Å². The number of ether oxygens (including phenoxy) is 2. The zero-order valence-corrected chi connectivity index (χ0v) is 17.2. The van der Waals surface area contributed by atoms with Crippen molar-refractivity contribution >= 4 is 5.96 Å². The highest BCUT2D eigenvalue weighted by atomic mass is 16.5. The Bertz CT molecular complexity index is 817. The number of nitrogens with one attached hydrogen (secondary N) is 2. The Morgan fingerprint density at radius 1 is 1.36 bits per heavy atom. The van der Waals surface area contributed by atoms with Crippen molar-refractivity contribution in [2.45, 2.75) is 52.8 Å². The quantitative estimate of drug-likeness (QED) is 0.533. The van der Waals surface area contributed by atoms with E-state index in [-0.39, 0.29) is 6.10 Å². The molecule has 0 spiro atoms. The van der Waals surface area contributed by atoms with Gasteiger partial charge in [-0.25, -0.2) is 4.99 Å². The number of fused-ring (bicyclic) bond motifs is 1. The molecule has 1 unspecified atom stereocenters. The van der Waals surface area contributed by atoms with Gasteiger partial charge in [0, 0.05) is 43.6 Å². The average molecular weight is 387 g/mol. The van der Waals surface area contributed by atoms with E-state index in [1.54, 1.807) is 13.4 Å². The van der Waals surface area contributed by atoms with Gasteiger partial charge in [-0.05, 0) is 26.0 Å². The minimum absolute atomic E-state index is 0.211. The highest BCUT2D eigenvalue weighted by Gasteiger charge is 2.21. The maximum absolute atomic E-state index is 5.88. The second-order valence-corrected chi connectivity index (χ2v) is 6.82. The molecule has 0 saturated carbocycles. The minimum Gasteiger partial charge on any atom is -0.496 e. The lowest BCUT2D eigenvalue weighted by Gasteiger charge is -2.13. The van der Waals surface area contributed by atoms with Gasteiger partial charge in [0.25, 0.3) is 0 Å². The number of aromatic nitrogens is 3. The molecule has 0 radical (unpaired) electrons. The predicted molar refractivity (Wildman–Crippen MR) is 109 cm³/mol. The van der Waals surface area contributed by atoms with E-state index in [2.05, 4.69) is 58.3 Å². The van der Waals surface area contributed by atoms with E-state index in [0.29, 0.717) is 6.54 Å². The third-order valence-corrected chi connectivity index (χ3v) is 4.71. The van der Waals surface area contributed by atoms with Crippen LogP contribution >= 0.6 is 0 Å². The van der Waals surface area contributed by atoms with Gasteiger partial charge in [0.1, 0.15) is 29.8 Å². The van der Waals surface area contributed by atoms with Crippen LogP contribution in [0.3, 0.4) is 0 Å². The molecule has 1 aliphatic rings. The van der Waals surface area contributed by atoms with Gasteiger partial charge in [-0.3, -0.25) is 0 Å². The van der Waals surface area contributed by atoms with E-state index in [4.69, 9.17) is 14.5 Å². The van der Waals surface area contributed by atoms with Crippen LogP contribution < -0.4 is 20.1 Å². The predicted octanol–water partition coefficient (Wildman–Crippen LogP) is 1.93. The second-order valence-electron chi connectivity index (χ2n) is 6.82. The molecule has 0 fully saturated rings. The largest absolute Gasteiger partial charge is 0.496 e. The van der Waals surface area contributed by atoms with Crippen molar-refractivity contribution in [2.75, 3.05) is 20.2 Å². The Hall–Kier alpha value is -2.77. The summed E-state index contributed by atoms with van der Waals surface area (Å²) < 4.78 is 13.5. The number of hydrogen-bond donors (Lipinski definition) is 2.